The molecule has 0 amide bonds. The highest BCUT2D eigenvalue weighted by Crippen LogP contribution is 2.47. The van der Waals surface area contributed by atoms with Crippen LogP contribution in [0.1, 0.15) is 0 Å². The van der Waals surface area contributed by atoms with Crippen LogP contribution >= 0.6 is 0 Å². The summed E-state index contributed by atoms with van der Waals surface area (Å²) in [6.45, 7) is 0. The Bertz CT molecular complexity index is 3620. The van der Waals surface area contributed by atoms with Crippen LogP contribution in [-0.4, -0.2) is 4.57 Å². The van der Waals surface area contributed by atoms with Crippen molar-refractivity contribution in [2.75, 3.05) is 4.90 Å². The van der Waals surface area contributed by atoms with Crippen molar-refractivity contribution < 1.29 is 0 Å². The number of rotatable bonds is 9. The SMILES string of the molecule is c1ccc(-c2ccc(-c3ccccc3-c3ccccc3)c(-c3ccccc3N(c3ccc(-c4cccc5ccccc45)cc3)c3ccc(-n4c5ccccc5c5ccccc54)cc3)c2)cc1. The Kier molecular flexibility index (Phi) is 9.89. The predicted octanol–water partition coefficient (Wildman–Crippen LogP) is 17.7. The Balaban J connectivity index is 1.06. The van der Waals surface area contributed by atoms with Gasteiger partial charge in [-0.3, -0.25) is 0 Å². The summed E-state index contributed by atoms with van der Waals surface area (Å²) in [5, 5.41) is 4.99. The topological polar surface area (TPSA) is 8.17 Å². The van der Waals surface area contributed by atoms with Gasteiger partial charge in [0.1, 0.15) is 0 Å². The van der Waals surface area contributed by atoms with Crippen LogP contribution in [0.5, 0.6) is 0 Å². The minimum Gasteiger partial charge on any atom is -0.310 e. The van der Waals surface area contributed by atoms with Crippen LogP contribution in [0.2, 0.25) is 0 Å². The Morgan fingerprint density at radius 2 is 0.727 bits per heavy atom. The summed E-state index contributed by atoms with van der Waals surface area (Å²) < 4.78 is 2.39. The highest BCUT2D eigenvalue weighted by molar-refractivity contribution is 6.09. The van der Waals surface area contributed by atoms with Crippen molar-refractivity contribution in [2.24, 2.45) is 0 Å². The Hall–Kier alpha value is -8.72. The number of hydrogen-bond acceptors (Lipinski definition) is 1. The molecule has 1 heterocycles. The van der Waals surface area contributed by atoms with Gasteiger partial charge in [-0.1, -0.05) is 206 Å². The Morgan fingerprint density at radius 3 is 1.42 bits per heavy atom. The molecule has 0 atom stereocenters. The summed E-state index contributed by atoms with van der Waals surface area (Å²) in [7, 11) is 0. The first-order valence-electron chi connectivity index (χ1n) is 22.7. The van der Waals surface area contributed by atoms with Crippen molar-refractivity contribution in [3.63, 3.8) is 0 Å². The van der Waals surface area contributed by atoms with E-state index in [-0.39, 0.29) is 0 Å². The maximum Gasteiger partial charge on any atom is 0.0541 e. The molecule has 66 heavy (non-hydrogen) atoms. The van der Waals surface area contributed by atoms with Gasteiger partial charge in [-0.15, -0.1) is 0 Å². The second-order valence-electron chi connectivity index (χ2n) is 16.9. The van der Waals surface area contributed by atoms with Crippen LogP contribution < -0.4 is 4.90 Å². The molecular weight excluding hydrogens is 797 g/mol. The number of anilines is 3. The zero-order valence-corrected chi connectivity index (χ0v) is 36.3. The van der Waals surface area contributed by atoms with Gasteiger partial charge in [-0.05, 0) is 122 Å². The van der Waals surface area contributed by atoms with E-state index in [1.165, 1.54) is 77.1 Å². The molecule has 12 aromatic rings. The van der Waals surface area contributed by atoms with Gasteiger partial charge in [0, 0.05) is 33.4 Å². The second-order valence-corrected chi connectivity index (χ2v) is 16.9. The van der Waals surface area contributed by atoms with E-state index >= 15 is 0 Å². The van der Waals surface area contributed by atoms with Crippen LogP contribution in [0.15, 0.2) is 267 Å². The standard InChI is InChI=1S/C64H44N2/c1-3-18-45(19-4-1)49-36-43-57(56-26-10-9-25-55(56)46-20-5-2-6-21-46)61(44-49)60-29-13-14-31-62(60)65(50-37-34-48(35-38-50)54-30-17-23-47-22-7-8-24-53(47)54)51-39-41-52(42-40-51)66-63-32-15-11-27-58(63)59-28-12-16-33-64(59)66/h1-44H. The van der Waals surface area contributed by atoms with Gasteiger partial charge >= 0.3 is 0 Å². The third kappa shape index (κ3) is 6.93. The maximum absolute atomic E-state index is 2.43. The van der Waals surface area contributed by atoms with Crippen molar-refractivity contribution in [3.8, 4) is 61.3 Å². The largest absolute Gasteiger partial charge is 0.310 e. The molecule has 0 bridgehead atoms. The minimum atomic E-state index is 1.07. The molecule has 0 aliphatic rings. The molecule has 11 aromatic carbocycles. The molecule has 0 N–H and O–H groups in total. The molecule has 12 rings (SSSR count). The van der Waals surface area contributed by atoms with Gasteiger partial charge < -0.3 is 9.47 Å². The fourth-order valence-electron chi connectivity index (χ4n) is 9.94. The fourth-order valence-corrected chi connectivity index (χ4v) is 9.94. The van der Waals surface area contributed by atoms with Gasteiger partial charge in [0.15, 0.2) is 0 Å². The van der Waals surface area contributed by atoms with Crippen LogP contribution in [-0.2, 0) is 0 Å². The normalized spacial score (nSPS) is 11.3. The lowest BCUT2D eigenvalue weighted by Crippen LogP contribution is -2.11. The lowest BCUT2D eigenvalue weighted by molar-refractivity contribution is 1.17. The zero-order valence-electron chi connectivity index (χ0n) is 36.3. The van der Waals surface area contributed by atoms with Gasteiger partial charge in [0.2, 0.25) is 0 Å². The molecular formula is C64H44N2. The van der Waals surface area contributed by atoms with E-state index in [9.17, 15) is 0 Å². The average Bonchev–Trinajstić information content (AvgIpc) is 3.74. The van der Waals surface area contributed by atoms with Crippen LogP contribution in [0.25, 0.3) is 93.9 Å². The van der Waals surface area contributed by atoms with Gasteiger partial charge in [0.25, 0.3) is 0 Å². The molecule has 2 nitrogen and oxygen atoms in total. The number of nitrogens with zero attached hydrogens (tertiary/aromatic N) is 2. The van der Waals surface area contributed by atoms with Crippen LogP contribution in [0.3, 0.4) is 0 Å². The number of benzene rings is 11. The highest BCUT2D eigenvalue weighted by Gasteiger charge is 2.22. The van der Waals surface area contributed by atoms with E-state index in [0.717, 1.165) is 33.9 Å². The average molecular weight is 841 g/mol. The summed E-state index contributed by atoms with van der Waals surface area (Å²) in [6.07, 6.45) is 0. The molecule has 0 saturated heterocycles. The molecule has 0 saturated carbocycles. The maximum atomic E-state index is 2.43. The lowest BCUT2D eigenvalue weighted by Gasteiger charge is -2.29. The number of aromatic nitrogens is 1. The van der Waals surface area contributed by atoms with E-state index in [1.807, 2.05) is 0 Å². The molecule has 310 valence electrons. The third-order valence-corrected chi connectivity index (χ3v) is 13.0. The van der Waals surface area contributed by atoms with Gasteiger partial charge in [0.05, 0.1) is 16.7 Å². The van der Waals surface area contributed by atoms with E-state index in [4.69, 9.17) is 0 Å². The molecule has 0 aliphatic heterocycles. The molecule has 0 spiro atoms. The van der Waals surface area contributed by atoms with E-state index < -0.39 is 0 Å². The van der Waals surface area contributed by atoms with Gasteiger partial charge in [-0.25, -0.2) is 0 Å². The molecule has 0 unspecified atom stereocenters. The minimum absolute atomic E-state index is 1.07. The summed E-state index contributed by atoms with van der Waals surface area (Å²) in [6, 6.07) is 97.0. The first kappa shape index (κ1) is 38.9. The molecule has 1 aromatic heterocycles. The van der Waals surface area contributed by atoms with E-state index in [0.29, 0.717) is 0 Å². The quantitative estimate of drug-likeness (QED) is 0.141. The van der Waals surface area contributed by atoms with Crippen molar-refractivity contribution >= 4 is 49.6 Å². The Morgan fingerprint density at radius 1 is 0.258 bits per heavy atom. The summed E-state index contributed by atoms with van der Waals surface area (Å²) in [4.78, 5) is 2.43. The second kappa shape index (κ2) is 16.8. The first-order chi connectivity index (χ1) is 32.8. The molecule has 2 heteroatoms. The Labute approximate surface area is 385 Å². The number of fused-ring (bicyclic) bond motifs is 4. The third-order valence-electron chi connectivity index (χ3n) is 13.0. The molecule has 0 radical (unpaired) electrons. The van der Waals surface area contributed by atoms with Crippen molar-refractivity contribution in [1.29, 1.82) is 0 Å². The van der Waals surface area contributed by atoms with Crippen molar-refractivity contribution in [3.05, 3.63) is 267 Å². The lowest BCUT2D eigenvalue weighted by atomic mass is 9.86. The summed E-state index contributed by atoms with van der Waals surface area (Å²) in [5.74, 6) is 0. The van der Waals surface area contributed by atoms with Crippen molar-refractivity contribution in [1.82, 2.24) is 4.57 Å². The zero-order chi connectivity index (χ0) is 43.8. The fraction of sp³-hybridized carbons (Fsp3) is 0. The molecule has 0 aliphatic carbocycles. The summed E-state index contributed by atoms with van der Waals surface area (Å²) >= 11 is 0. The number of hydrogen-bond donors (Lipinski definition) is 0. The number of para-hydroxylation sites is 3. The van der Waals surface area contributed by atoms with Crippen molar-refractivity contribution in [2.45, 2.75) is 0 Å². The first-order valence-corrected chi connectivity index (χ1v) is 22.7. The smallest absolute Gasteiger partial charge is 0.0541 e. The highest BCUT2D eigenvalue weighted by atomic mass is 15.1. The summed E-state index contributed by atoms with van der Waals surface area (Å²) in [5.41, 5.74) is 18.5. The predicted molar refractivity (Wildman–Crippen MR) is 280 cm³/mol. The van der Waals surface area contributed by atoms with Gasteiger partial charge in [-0.2, -0.15) is 0 Å². The van der Waals surface area contributed by atoms with Crippen LogP contribution in [0.4, 0.5) is 17.1 Å². The van der Waals surface area contributed by atoms with E-state index in [1.54, 1.807) is 0 Å². The van der Waals surface area contributed by atoms with E-state index in [2.05, 4.69) is 276 Å². The van der Waals surface area contributed by atoms with Crippen LogP contribution in [0, 0.1) is 0 Å². The monoisotopic (exact) mass is 840 g/mol. The molecule has 0 fully saturated rings.